The maximum atomic E-state index is 12.2. The summed E-state index contributed by atoms with van der Waals surface area (Å²) in [5.74, 6) is 0.436. The molecule has 0 fully saturated rings. The molecular weight excluding hydrogens is 390 g/mol. The summed E-state index contributed by atoms with van der Waals surface area (Å²) < 4.78 is 15.4. The Labute approximate surface area is 172 Å². The van der Waals surface area contributed by atoms with Crippen LogP contribution in [0.25, 0.3) is 0 Å². The first-order valence-corrected chi connectivity index (χ1v) is 8.69. The number of hydrogen-bond acceptors (Lipinski definition) is 9. The summed E-state index contributed by atoms with van der Waals surface area (Å²) in [4.78, 5) is 31.7. The summed E-state index contributed by atoms with van der Waals surface area (Å²) >= 11 is 0. The van der Waals surface area contributed by atoms with Crippen LogP contribution in [0, 0.1) is 0 Å². The van der Waals surface area contributed by atoms with Crippen LogP contribution in [-0.2, 0) is 4.74 Å². The first-order chi connectivity index (χ1) is 14.5. The molecule has 0 spiro atoms. The summed E-state index contributed by atoms with van der Waals surface area (Å²) in [6.07, 6.45) is 1.23. The van der Waals surface area contributed by atoms with Crippen molar-refractivity contribution >= 4 is 23.4 Å². The molecule has 0 aliphatic rings. The van der Waals surface area contributed by atoms with E-state index in [0.717, 1.165) is 0 Å². The number of carbonyl (C=O) groups excluding carboxylic acids is 2. The molecule has 3 aromatic rings. The minimum atomic E-state index is -0.456. The van der Waals surface area contributed by atoms with E-state index in [1.807, 2.05) is 0 Å². The van der Waals surface area contributed by atoms with Gasteiger partial charge in [0.25, 0.3) is 5.91 Å². The molecule has 1 amide bonds. The van der Waals surface area contributed by atoms with Gasteiger partial charge in [-0.05, 0) is 48.5 Å². The Morgan fingerprint density at radius 2 is 1.53 bits per heavy atom. The molecule has 0 saturated heterocycles. The number of methoxy groups -OCH3 is 2. The van der Waals surface area contributed by atoms with E-state index in [-0.39, 0.29) is 17.4 Å². The normalized spacial score (nSPS) is 10.1. The molecule has 10 nitrogen and oxygen atoms in total. The Bertz CT molecular complexity index is 1040. The third-order valence-electron chi connectivity index (χ3n) is 3.98. The smallest absolute Gasteiger partial charge is 0.337 e. The second kappa shape index (κ2) is 9.24. The van der Waals surface area contributed by atoms with Crippen LogP contribution >= 0.6 is 0 Å². The van der Waals surface area contributed by atoms with E-state index < -0.39 is 11.9 Å². The highest BCUT2D eigenvalue weighted by molar-refractivity contribution is 5.95. The number of aromatic nitrogens is 2. The third kappa shape index (κ3) is 4.73. The van der Waals surface area contributed by atoms with Gasteiger partial charge in [0.05, 0.1) is 19.8 Å². The zero-order valence-electron chi connectivity index (χ0n) is 16.2. The van der Waals surface area contributed by atoms with Gasteiger partial charge in [-0.2, -0.15) is 4.98 Å². The molecule has 30 heavy (non-hydrogen) atoms. The molecule has 0 aliphatic carbocycles. The Kier molecular flexibility index (Phi) is 6.28. The van der Waals surface area contributed by atoms with E-state index in [9.17, 15) is 9.59 Å². The lowest BCUT2D eigenvalue weighted by atomic mass is 10.2. The van der Waals surface area contributed by atoms with Crippen LogP contribution < -0.4 is 26.1 Å². The SMILES string of the molecule is COC(=O)c1ccc(Oc2ncnc(NNC(=O)c3ccc(OC)cc3)c2N)cc1. The van der Waals surface area contributed by atoms with Gasteiger partial charge in [-0.15, -0.1) is 0 Å². The number of amides is 1. The zero-order valence-corrected chi connectivity index (χ0v) is 16.2. The molecule has 4 N–H and O–H groups in total. The predicted octanol–water partition coefficient (Wildman–Crippen LogP) is 2.40. The summed E-state index contributed by atoms with van der Waals surface area (Å²) in [6.45, 7) is 0. The molecule has 154 valence electrons. The van der Waals surface area contributed by atoms with Gasteiger partial charge in [0.15, 0.2) is 5.82 Å². The van der Waals surface area contributed by atoms with Crippen molar-refractivity contribution < 1.29 is 23.8 Å². The van der Waals surface area contributed by atoms with Crippen molar-refractivity contribution in [1.82, 2.24) is 15.4 Å². The summed E-state index contributed by atoms with van der Waals surface area (Å²) in [5.41, 5.74) is 12.1. The van der Waals surface area contributed by atoms with Crippen molar-refractivity contribution in [3.8, 4) is 17.4 Å². The molecule has 0 bridgehead atoms. The number of hydrazine groups is 1. The van der Waals surface area contributed by atoms with Crippen molar-refractivity contribution in [2.24, 2.45) is 0 Å². The topological polar surface area (TPSA) is 138 Å². The number of anilines is 2. The molecule has 1 heterocycles. The van der Waals surface area contributed by atoms with Gasteiger partial charge < -0.3 is 19.9 Å². The highest BCUT2D eigenvalue weighted by Gasteiger charge is 2.13. The van der Waals surface area contributed by atoms with E-state index in [1.165, 1.54) is 13.4 Å². The first kappa shape index (κ1) is 20.4. The van der Waals surface area contributed by atoms with Crippen molar-refractivity contribution in [3.05, 3.63) is 66.0 Å². The molecule has 0 atom stereocenters. The molecule has 10 heteroatoms. The lowest BCUT2D eigenvalue weighted by molar-refractivity contribution is 0.0600. The Balaban J connectivity index is 1.67. The zero-order chi connectivity index (χ0) is 21.5. The Morgan fingerprint density at radius 3 is 2.17 bits per heavy atom. The number of ether oxygens (including phenoxy) is 3. The number of carbonyl (C=O) groups is 2. The molecule has 3 rings (SSSR count). The van der Waals surface area contributed by atoms with Crippen LogP contribution in [0.1, 0.15) is 20.7 Å². The number of benzene rings is 2. The molecule has 0 saturated carbocycles. The van der Waals surface area contributed by atoms with Gasteiger partial charge in [-0.3, -0.25) is 15.6 Å². The first-order valence-electron chi connectivity index (χ1n) is 8.69. The number of hydrogen-bond donors (Lipinski definition) is 3. The molecule has 0 radical (unpaired) electrons. The second-order valence-electron chi connectivity index (χ2n) is 5.87. The number of rotatable bonds is 7. The van der Waals surface area contributed by atoms with Gasteiger partial charge in [-0.1, -0.05) is 0 Å². The molecule has 2 aromatic carbocycles. The second-order valence-corrected chi connectivity index (χ2v) is 5.87. The van der Waals surface area contributed by atoms with Crippen LogP contribution in [0.2, 0.25) is 0 Å². The van der Waals surface area contributed by atoms with Crippen molar-refractivity contribution in [2.45, 2.75) is 0 Å². The third-order valence-corrected chi connectivity index (χ3v) is 3.98. The minimum absolute atomic E-state index is 0.0806. The maximum absolute atomic E-state index is 12.2. The van der Waals surface area contributed by atoms with E-state index in [4.69, 9.17) is 15.2 Å². The van der Waals surface area contributed by atoms with Crippen LogP contribution in [0.3, 0.4) is 0 Å². The average molecular weight is 409 g/mol. The van der Waals surface area contributed by atoms with E-state index >= 15 is 0 Å². The average Bonchev–Trinajstić information content (AvgIpc) is 2.79. The highest BCUT2D eigenvalue weighted by atomic mass is 16.5. The molecule has 0 unspecified atom stereocenters. The fourth-order valence-electron chi connectivity index (χ4n) is 2.38. The van der Waals surface area contributed by atoms with E-state index in [2.05, 4.69) is 25.6 Å². The Morgan fingerprint density at radius 1 is 0.900 bits per heavy atom. The Hall–Kier alpha value is -4.34. The fraction of sp³-hybridized carbons (Fsp3) is 0.100. The van der Waals surface area contributed by atoms with Gasteiger partial charge in [0.2, 0.25) is 5.88 Å². The van der Waals surface area contributed by atoms with Crippen LogP contribution in [0.5, 0.6) is 17.4 Å². The van der Waals surface area contributed by atoms with Crippen molar-refractivity contribution in [1.29, 1.82) is 0 Å². The monoisotopic (exact) mass is 409 g/mol. The van der Waals surface area contributed by atoms with Crippen LogP contribution in [0.4, 0.5) is 11.5 Å². The minimum Gasteiger partial charge on any atom is -0.497 e. The van der Waals surface area contributed by atoms with Crippen molar-refractivity contribution in [2.75, 3.05) is 25.4 Å². The van der Waals surface area contributed by atoms with E-state index in [1.54, 1.807) is 55.6 Å². The number of esters is 1. The number of nitrogens with two attached hydrogens (primary N) is 1. The lowest BCUT2D eigenvalue weighted by Crippen LogP contribution is -2.30. The highest BCUT2D eigenvalue weighted by Crippen LogP contribution is 2.29. The summed E-state index contributed by atoms with van der Waals surface area (Å²) in [5, 5.41) is 0. The predicted molar refractivity (Wildman–Crippen MR) is 108 cm³/mol. The quantitative estimate of drug-likeness (QED) is 0.397. The van der Waals surface area contributed by atoms with Gasteiger partial charge in [-0.25, -0.2) is 9.78 Å². The molecule has 0 aliphatic heterocycles. The van der Waals surface area contributed by atoms with E-state index in [0.29, 0.717) is 22.6 Å². The van der Waals surface area contributed by atoms with Gasteiger partial charge >= 0.3 is 5.97 Å². The van der Waals surface area contributed by atoms with Crippen molar-refractivity contribution in [3.63, 3.8) is 0 Å². The lowest BCUT2D eigenvalue weighted by Gasteiger charge is -2.12. The van der Waals surface area contributed by atoms with Crippen LogP contribution in [0.15, 0.2) is 54.9 Å². The van der Waals surface area contributed by atoms with Gasteiger partial charge in [0, 0.05) is 5.56 Å². The molecule has 1 aromatic heterocycles. The standard InChI is InChI=1S/C20H19N5O5/c1-28-14-7-3-12(4-8-14)18(26)25-24-17-16(21)19(23-11-22-17)30-15-9-5-13(6-10-15)20(27)29-2/h3-11H,21H2,1-2H3,(H,25,26)(H,22,23,24). The number of nitrogen functional groups attached to an aromatic ring is 1. The fourth-order valence-corrected chi connectivity index (χ4v) is 2.38. The number of nitrogens with zero attached hydrogens (tertiary/aromatic N) is 2. The van der Waals surface area contributed by atoms with Gasteiger partial charge in [0.1, 0.15) is 23.5 Å². The van der Waals surface area contributed by atoms with Crippen LogP contribution in [-0.4, -0.2) is 36.1 Å². The largest absolute Gasteiger partial charge is 0.497 e. The summed E-state index contributed by atoms with van der Waals surface area (Å²) in [6, 6.07) is 12.8. The molecular formula is C20H19N5O5. The maximum Gasteiger partial charge on any atom is 0.337 e. The summed E-state index contributed by atoms with van der Waals surface area (Å²) in [7, 11) is 2.85. The number of nitrogens with one attached hydrogen (secondary N) is 2.